The van der Waals surface area contributed by atoms with Crippen molar-refractivity contribution in [2.45, 2.75) is 44.2 Å². The molecule has 1 atom stereocenters. The van der Waals surface area contributed by atoms with E-state index in [0.29, 0.717) is 13.0 Å². The van der Waals surface area contributed by atoms with Crippen molar-refractivity contribution in [3.8, 4) is 5.75 Å². The number of rotatable bonds is 6. The van der Waals surface area contributed by atoms with E-state index in [1.807, 2.05) is 0 Å². The average molecular weight is 292 g/mol. The molecule has 1 aromatic rings. The van der Waals surface area contributed by atoms with Gasteiger partial charge in [0.15, 0.2) is 0 Å². The molecule has 1 aromatic carbocycles. The van der Waals surface area contributed by atoms with Gasteiger partial charge >= 0.3 is 0 Å². The molecule has 0 heterocycles. The summed E-state index contributed by atoms with van der Waals surface area (Å²) in [7, 11) is 0. The van der Waals surface area contributed by atoms with Crippen LogP contribution in [0, 0.1) is 0 Å². The first-order valence-corrected chi connectivity index (χ1v) is 7.56. The van der Waals surface area contributed by atoms with E-state index >= 15 is 0 Å². The monoisotopic (exact) mass is 292 g/mol. The van der Waals surface area contributed by atoms with Crippen molar-refractivity contribution in [3.05, 3.63) is 29.8 Å². The average Bonchev–Trinajstić information content (AvgIpc) is 3.00. The normalized spacial score (nSPS) is 16.9. The Balaban J connectivity index is 1.99. The summed E-state index contributed by atoms with van der Waals surface area (Å²) in [6, 6.07) is 6.34. The van der Waals surface area contributed by atoms with Gasteiger partial charge in [-0.2, -0.15) is 0 Å². The molecule has 5 heteroatoms. The summed E-state index contributed by atoms with van der Waals surface area (Å²) >= 11 is 0. The Morgan fingerprint density at radius 3 is 2.48 bits per heavy atom. The Bertz CT molecular complexity index is 455. The van der Waals surface area contributed by atoms with E-state index in [9.17, 15) is 15.0 Å². The van der Waals surface area contributed by atoms with Crippen LogP contribution in [0.1, 0.15) is 31.2 Å². The van der Waals surface area contributed by atoms with E-state index in [1.165, 1.54) is 0 Å². The van der Waals surface area contributed by atoms with Crippen LogP contribution in [-0.4, -0.2) is 46.3 Å². The van der Waals surface area contributed by atoms with E-state index < -0.39 is 6.04 Å². The maximum atomic E-state index is 12.5. The highest BCUT2D eigenvalue weighted by molar-refractivity contribution is 5.82. The third kappa shape index (κ3) is 4.19. The number of aliphatic hydroxyl groups excluding tert-OH is 1. The van der Waals surface area contributed by atoms with E-state index in [1.54, 1.807) is 29.2 Å². The zero-order valence-electron chi connectivity index (χ0n) is 12.2. The smallest absolute Gasteiger partial charge is 0.240 e. The van der Waals surface area contributed by atoms with Crippen molar-refractivity contribution in [1.82, 2.24) is 4.90 Å². The van der Waals surface area contributed by atoms with E-state index in [2.05, 4.69) is 0 Å². The van der Waals surface area contributed by atoms with Crippen molar-refractivity contribution >= 4 is 5.91 Å². The van der Waals surface area contributed by atoms with Crippen molar-refractivity contribution in [1.29, 1.82) is 0 Å². The lowest BCUT2D eigenvalue weighted by Crippen LogP contribution is -2.49. The Morgan fingerprint density at radius 1 is 1.29 bits per heavy atom. The molecule has 1 amide bonds. The first-order chi connectivity index (χ1) is 10.1. The maximum Gasteiger partial charge on any atom is 0.240 e. The van der Waals surface area contributed by atoms with E-state index in [-0.39, 0.29) is 24.3 Å². The Kier molecular flexibility index (Phi) is 5.59. The minimum Gasteiger partial charge on any atom is -0.508 e. The fourth-order valence-corrected chi connectivity index (χ4v) is 2.98. The third-order valence-electron chi connectivity index (χ3n) is 4.10. The fraction of sp³-hybridized carbons (Fsp3) is 0.562. The topological polar surface area (TPSA) is 86.8 Å². The molecule has 0 aliphatic heterocycles. The number of phenolic OH excluding ortho intramolecular Hbond substituents is 1. The molecule has 1 saturated carbocycles. The summed E-state index contributed by atoms with van der Waals surface area (Å²) in [5, 5.41) is 18.5. The number of nitrogens with zero attached hydrogens (tertiary/aromatic N) is 1. The highest BCUT2D eigenvalue weighted by Gasteiger charge is 2.29. The maximum absolute atomic E-state index is 12.5. The van der Waals surface area contributed by atoms with Crippen LogP contribution in [0.25, 0.3) is 0 Å². The molecule has 0 bridgehead atoms. The number of hydrogen-bond acceptors (Lipinski definition) is 4. The molecule has 1 aliphatic carbocycles. The summed E-state index contributed by atoms with van der Waals surface area (Å²) in [4.78, 5) is 14.3. The summed E-state index contributed by atoms with van der Waals surface area (Å²) in [5.41, 5.74) is 6.97. The lowest BCUT2D eigenvalue weighted by Gasteiger charge is -2.30. The largest absolute Gasteiger partial charge is 0.508 e. The van der Waals surface area contributed by atoms with Gasteiger partial charge < -0.3 is 20.8 Å². The van der Waals surface area contributed by atoms with Gasteiger partial charge in [0, 0.05) is 12.6 Å². The summed E-state index contributed by atoms with van der Waals surface area (Å²) < 4.78 is 0. The minimum absolute atomic E-state index is 0.0336. The number of carbonyl (C=O) groups excluding carboxylic acids is 1. The van der Waals surface area contributed by atoms with Gasteiger partial charge in [-0.15, -0.1) is 0 Å². The van der Waals surface area contributed by atoms with Crippen LogP contribution in [0.2, 0.25) is 0 Å². The van der Waals surface area contributed by atoms with Crippen LogP contribution < -0.4 is 5.73 Å². The van der Waals surface area contributed by atoms with E-state index in [4.69, 9.17) is 5.73 Å². The number of nitrogens with two attached hydrogens (primary N) is 1. The van der Waals surface area contributed by atoms with Gasteiger partial charge in [0.2, 0.25) is 5.91 Å². The van der Waals surface area contributed by atoms with Crippen LogP contribution >= 0.6 is 0 Å². The van der Waals surface area contributed by atoms with Crippen molar-refractivity contribution in [3.63, 3.8) is 0 Å². The number of hydrogen-bond donors (Lipinski definition) is 3. The zero-order chi connectivity index (χ0) is 15.2. The minimum atomic E-state index is -0.610. The van der Waals surface area contributed by atoms with Gasteiger partial charge in [-0.3, -0.25) is 4.79 Å². The Hall–Kier alpha value is -1.59. The Labute approximate surface area is 125 Å². The summed E-state index contributed by atoms with van der Waals surface area (Å²) in [5.74, 6) is 0.107. The number of aliphatic hydroxyl groups is 1. The molecule has 4 N–H and O–H groups in total. The fourth-order valence-electron chi connectivity index (χ4n) is 2.98. The molecular formula is C16H24N2O3. The SMILES string of the molecule is N[C@@H](Cc1ccc(O)cc1)C(=O)N(CCO)C1CCCC1. The van der Waals surface area contributed by atoms with Crippen LogP contribution in [0.5, 0.6) is 5.75 Å². The predicted molar refractivity (Wildman–Crippen MR) is 80.8 cm³/mol. The van der Waals surface area contributed by atoms with Crippen molar-refractivity contribution in [2.75, 3.05) is 13.2 Å². The van der Waals surface area contributed by atoms with Crippen LogP contribution in [0.15, 0.2) is 24.3 Å². The first kappa shape index (κ1) is 15.8. The third-order valence-corrected chi connectivity index (χ3v) is 4.10. The van der Waals surface area contributed by atoms with Crippen molar-refractivity contribution in [2.24, 2.45) is 5.73 Å². The molecular weight excluding hydrogens is 268 g/mol. The quantitative estimate of drug-likeness (QED) is 0.731. The molecule has 116 valence electrons. The van der Waals surface area contributed by atoms with Crippen LogP contribution in [0.4, 0.5) is 0 Å². The highest BCUT2D eigenvalue weighted by atomic mass is 16.3. The van der Waals surface area contributed by atoms with Crippen LogP contribution in [-0.2, 0) is 11.2 Å². The molecule has 5 nitrogen and oxygen atoms in total. The molecule has 21 heavy (non-hydrogen) atoms. The lowest BCUT2D eigenvalue weighted by atomic mass is 10.0. The first-order valence-electron chi connectivity index (χ1n) is 7.56. The van der Waals surface area contributed by atoms with Gasteiger partial charge in [-0.1, -0.05) is 25.0 Å². The number of amides is 1. The summed E-state index contributed by atoms with van der Waals surface area (Å²) in [6.07, 6.45) is 4.70. The zero-order valence-corrected chi connectivity index (χ0v) is 12.2. The molecule has 1 aliphatic rings. The van der Waals surface area contributed by atoms with Gasteiger partial charge in [-0.25, -0.2) is 0 Å². The lowest BCUT2D eigenvalue weighted by molar-refractivity contribution is -0.135. The molecule has 0 saturated heterocycles. The highest BCUT2D eigenvalue weighted by Crippen LogP contribution is 2.24. The number of phenols is 1. The van der Waals surface area contributed by atoms with Gasteiger partial charge in [0.25, 0.3) is 0 Å². The predicted octanol–water partition coefficient (Wildman–Crippen LogP) is 1.03. The molecule has 0 spiro atoms. The molecule has 1 fully saturated rings. The van der Waals surface area contributed by atoms with Gasteiger partial charge in [0.1, 0.15) is 5.75 Å². The van der Waals surface area contributed by atoms with Gasteiger partial charge in [0.05, 0.1) is 12.6 Å². The molecule has 0 unspecified atom stereocenters. The second-order valence-electron chi connectivity index (χ2n) is 5.67. The molecule has 2 rings (SSSR count). The number of benzene rings is 1. The van der Waals surface area contributed by atoms with Crippen molar-refractivity contribution < 1.29 is 15.0 Å². The summed E-state index contributed by atoms with van der Waals surface area (Å²) in [6.45, 7) is 0.320. The number of aromatic hydroxyl groups is 1. The van der Waals surface area contributed by atoms with Gasteiger partial charge in [-0.05, 0) is 37.0 Å². The second-order valence-corrected chi connectivity index (χ2v) is 5.67. The molecule has 0 aromatic heterocycles. The van der Waals surface area contributed by atoms with E-state index in [0.717, 1.165) is 31.2 Å². The standard InChI is InChI=1S/C16H24N2O3/c17-15(11-12-5-7-14(20)8-6-12)16(21)18(9-10-19)13-3-1-2-4-13/h5-8,13,15,19-20H,1-4,9-11,17H2/t15-/m0/s1. The van der Waals surface area contributed by atoms with Crippen LogP contribution in [0.3, 0.4) is 0 Å². The second kappa shape index (κ2) is 7.43. The molecule has 0 radical (unpaired) electrons. The number of carbonyl (C=O) groups is 1. The Morgan fingerprint density at radius 2 is 1.90 bits per heavy atom.